The summed E-state index contributed by atoms with van der Waals surface area (Å²) in [6, 6.07) is 0.599. The molecule has 0 unspecified atom stereocenters. The van der Waals surface area contributed by atoms with Crippen LogP contribution >= 0.6 is 0 Å². The molecule has 0 aliphatic carbocycles. The van der Waals surface area contributed by atoms with E-state index in [-0.39, 0.29) is 0 Å². The third-order valence-electron chi connectivity index (χ3n) is 3.65. The maximum Gasteiger partial charge on any atom is 0.451 e. The maximum absolute atomic E-state index is 8.70. The highest BCUT2D eigenvalue weighted by Crippen LogP contribution is 2.35. The van der Waals surface area contributed by atoms with Gasteiger partial charge >= 0.3 is 7.12 Å². The molecule has 0 aromatic heterocycles. The van der Waals surface area contributed by atoms with Crippen LogP contribution in [0.5, 0.6) is 0 Å². The molecule has 0 aromatic carbocycles. The number of rotatable bonds is 5. The fourth-order valence-corrected chi connectivity index (χ4v) is 2.23. The molecule has 0 saturated carbocycles. The highest BCUT2D eigenvalue weighted by atomic mass is 16.4. The monoisotopic (exact) mass is 199 g/mol. The molecule has 0 amide bonds. The summed E-state index contributed by atoms with van der Waals surface area (Å²) >= 11 is 0. The average molecular weight is 199 g/mol. The fraction of sp³-hybridized carbons (Fsp3) is 1.00. The van der Waals surface area contributed by atoms with Crippen LogP contribution in [-0.2, 0) is 0 Å². The van der Waals surface area contributed by atoms with Crippen LogP contribution in [0.3, 0.4) is 0 Å². The first kappa shape index (κ1) is 12.0. The molecule has 2 atom stereocenters. The minimum Gasteiger partial charge on any atom is -0.427 e. The van der Waals surface area contributed by atoms with Gasteiger partial charge in [-0.3, -0.25) is 0 Å². The van der Waals surface area contributed by atoms with Crippen LogP contribution in [0, 0.1) is 5.41 Å². The van der Waals surface area contributed by atoms with Crippen molar-refractivity contribution in [3.05, 3.63) is 0 Å². The zero-order valence-electron chi connectivity index (χ0n) is 9.29. The molecule has 0 spiro atoms. The van der Waals surface area contributed by atoms with E-state index in [0.29, 0.717) is 17.8 Å². The van der Waals surface area contributed by atoms with Gasteiger partial charge in [-0.1, -0.05) is 19.8 Å². The molecule has 0 bridgehead atoms. The lowest BCUT2D eigenvalue weighted by Crippen LogP contribution is -2.31. The van der Waals surface area contributed by atoms with Gasteiger partial charge < -0.3 is 15.4 Å². The van der Waals surface area contributed by atoms with Crippen molar-refractivity contribution < 1.29 is 10.0 Å². The Morgan fingerprint density at radius 3 is 2.64 bits per heavy atom. The van der Waals surface area contributed by atoms with Gasteiger partial charge in [-0.05, 0) is 38.0 Å². The van der Waals surface area contributed by atoms with Crippen molar-refractivity contribution in [2.45, 2.75) is 51.9 Å². The Kier molecular flexibility index (Phi) is 4.42. The first-order valence-electron chi connectivity index (χ1n) is 5.64. The van der Waals surface area contributed by atoms with E-state index >= 15 is 0 Å². The van der Waals surface area contributed by atoms with Gasteiger partial charge in [0.25, 0.3) is 0 Å². The Labute approximate surface area is 87.0 Å². The second-order valence-corrected chi connectivity index (χ2v) is 4.81. The molecule has 1 heterocycles. The lowest BCUT2D eigenvalue weighted by molar-refractivity contribution is 0.261. The van der Waals surface area contributed by atoms with E-state index in [1.54, 1.807) is 0 Å². The van der Waals surface area contributed by atoms with E-state index in [4.69, 9.17) is 10.0 Å². The number of unbranched alkanes of at least 4 members (excludes halogenated alkanes) is 1. The summed E-state index contributed by atoms with van der Waals surface area (Å²) in [6.45, 7) is 5.70. The molecule has 0 aromatic rings. The first-order chi connectivity index (χ1) is 6.54. The lowest BCUT2D eigenvalue weighted by Gasteiger charge is -2.28. The lowest BCUT2D eigenvalue weighted by atomic mass is 9.76. The summed E-state index contributed by atoms with van der Waals surface area (Å²) in [5, 5.41) is 20.9. The van der Waals surface area contributed by atoms with Gasteiger partial charge in [0.2, 0.25) is 0 Å². The van der Waals surface area contributed by atoms with Gasteiger partial charge in [0.05, 0.1) is 0 Å². The van der Waals surface area contributed by atoms with Crippen LogP contribution in [0.4, 0.5) is 0 Å². The molecule has 3 nitrogen and oxygen atoms in total. The molecule has 1 fully saturated rings. The smallest absolute Gasteiger partial charge is 0.427 e. The molecular formula is C10H22BNO2. The van der Waals surface area contributed by atoms with Crippen LogP contribution < -0.4 is 5.32 Å². The molecule has 82 valence electrons. The number of hydrogen-bond acceptors (Lipinski definition) is 3. The van der Waals surface area contributed by atoms with E-state index in [1.165, 1.54) is 12.8 Å². The maximum atomic E-state index is 8.70. The average Bonchev–Trinajstić information content (AvgIpc) is 2.42. The highest BCUT2D eigenvalue weighted by Gasteiger charge is 2.34. The van der Waals surface area contributed by atoms with Crippen LogP contribution in [0.15, 0.2) is 0 Å². The quantitative estimate of drug-likeness (QED) is 0.457. The van der Waals surface area contributed by atoms with Gasteiger partial charge in [0.1, 0.15) is 0 Å². The largest absolute Gasteiger partial charge is 0.451 e. The van der Waals surface area contributed by atoms with Crippen molar-refractivity contribution in [1.82, 2.24) is 5.32 Å². The van der Waals surface area contributed by atoms with E-state index in [0.717, 1.165) is 19.4 Å². The normalized spacial score (nSPS) is 32.1. The number of nitrogens with one attached hydrogen (secondary N) is 1. The fourth-order valence-electron chi connectivity index (χ4n) is 2.23. The summed E-state index contributed by atoms with van der Waals surface area (Å²) in [5.41, 5.74) is 0.417. The van der Waals surface area contributed by atoms with E-state index < -0.39 is 7.12 Å². The Morgan fingerprint density at radius 1 is 1.43 bits per heavy atom. The van der Waals surface area contributed by atoms with Gasteiger partial charge in [0.15, 0.2) is 0 Å². The summed E-state index contributed by atoms with van der Waals surface area (Å²) in [6.07, 6.45) is 4.96. The minimum atomic E-state index is -1.12. The third-order valence-corrected chi connectivity index (χ3v) is 3.65. The molecule has 1 aliphatic heterocycles. The third kappa shape index (κ3) is 3.26. The van der Waals surface area contributed by atoms with Crippen molar-refractivity contribution in [2.24, 2.45) is 5.41 Å². The molecule has 1 saturated heterocycles. The molecule has 0 radical (unpaired) electrons. The van der Waals surface area contributed by atoms with Crippen molar-refractivity contribution in [3.8, 4) is 0 Å². The second-order valence-electron chi connectivity index (χ2n) is 4.81. The molecule has 4 heteroatoms. The second kappa shape index (κ2) is 5.15. The molecule has 14 heavy (non-hydrogen) atoms. The molecule has 3 N–H and O–H groups in total. The van der Waals surface area contributed by atoms with Crippen LogP contribution in [-0.4, -0.2) is 29.8 Å². The van der Waals surface area contributed by atoms with Crippen molar-refractivity contribution >= 4 is 7.12 Å². The summed E-state index contributed by atoms with van der Waals surface area (Å²) in [7, 11) is -1.12. The van der Waals surface area contributed by atoms with Crippen LogP contribution in [0.1, 0.15) is 39.5 Å². The van der Waals surface area contributed by atoms with Gasteiger partial charge in [-0.15, -0.1) is 0 Å². The van der Waals surface area contributed by atoms with Crippen LogP contribution in [0.2, 0.25) is 6.32 Å². The Balaban J connectivity index is 2.17. The van der Waals surface area contributed by atoms with Gasteiger partial charge in [-0.2, -0.15) is 0 Å². The van der Waals surface area contributed by atoms with Gasteiger partial charge in [-0.25, -0.2) is 0 Å². The van der Waals surface area contributed by atoms with Crippen molar-refractivity contribution in [1.29, 1.82) is 0 Å². The highest BCUT2D eigenvalue weighted by molar-refractivity contribution is 6.40. The predicted octanol–water partition coefficient (Wildman–Crippen LogP) is 1.02. The topological polar surface area (TPSA) is 52.5 Å². The van der Waals surface area contributed by atoms with Gasteiger partial charge in [0, 0.05) is 6.04 Å². The Morgan fingerprint density at radius 2 is 2.14 bits per heavy atom. The van der Waals surface area contributed by atoms with Crippen LogP contribution in [0.25, 0.3) is 0 Å². The van der Waals surface area contributed by atoms with Crippen molar-refractivity contribution in [3.63, 3.8) is 0 Å². The predicted molar refractivity (Wildman–Crippen MR) is 59.0 cm³/mol. The molecule has 1 rings (SSSR count). The zero-order chi connectivity index (χ0) is 10.6. The van der Waals surface area contributed by atoms with E-state index in [1.807, 2.05) is 0 Å². The van der Waals surface area contributed by atoms with E-state index in [2.05, 4.69) is 19.2 Å². The summed E-state index contributed by atoms with van der Waals surface area (Å²) in [5.74, 6) is 0. The molecule has 1 aliphatic rings. The Bertz CT molecular complexity index is 178. The Hall–Kier alpha value is -0.0551. The summed E-state index contributed by atoms with van der Waals surface area (Å²) < 4.78 is 0. The zero-order valence-corrected chi connectivity index (χ0v) is 9.29. The minimum absolute atomic E-state index is 0.417. The standard InChI is InChI=1S/C10H22BNO2/c1-9-10(2,6-8-12-9)5-3-4-7-11(13)14/h9,12-14H,3-8H2,1-2H3/t9-,10-/m1/s1. The first-order valence-corrected chi connectivity index (χ1v) is 5.64. The summed E-state index contributed by atoms with van der Waals surface area (Å²) in [4.78, 5) is 0. The van der Waals surface area contributed by atoms with E-state index in [9.17, 15) is 0 Å². The SMILES string of the molecule is C[C@H]1NCC[C@@]1(C)CCCCB(O)O. The number of hydrogen-bond donors (Lipinski definition) is 3. The molecular weight excluding hydrogens is 177 g/mol. The van der Waals surface area contributed by atoms with Crippen molar-refractivity contribution in [2.75, 3.05) is 6.54 Å².